The van der Waals surface area contributed by atoms with Crippen LogP contribution in [0.5, 0.6) is 5.75 Å². The van der Waals surface area contributed by atoms with Crippen LogP contribution in [0.25, 0.3) is 0 Å². The minimum atomic E-state index is -0.326. The molecule has 0 unspecified atom stereocenters. The zero-order valence-corrected chi connectivity index (χ0v) is 13.6. The Kier molecular flexibility index (Phi) is 5.73. The van der Waals surface area contributed by atoms with E-state index < -0.39 is 0 Å². The summed E-state index contributed by atoms with van der Waals surface area (Å²) in [5.41, 5.74) is 0.350. The lowest BCUT2D eigenvalue weighted by atomic mass is 10.3. The molecule has 0 spiro atoms. The van der Waals surface area contributed by atoms with Crippen LogP contribution in [-0.4, -0.2) is 42.0 Å². The maximum atomic E-state index is 12.1. The van der Waals surface area contributed by atoms with Crippen LogP contribution in [0.3, 0.4) is 0 Å². The van der Waals surface area contributed by atoms with Crippen molar-refractivity contribution in [3.63, 3.8) is 0 Å². The highest BCUT2D eigenvalue weighted by molar-refractivity contribution is 5.94. The van der Waals surface area contributed by atoms with Gasteiger partial charge in [0.25, 0.3) is 5.56 Å². The van der Waals surface area contributed by atoms with Gasteiger partial charge in [-0.1, -0.05) is 6.07 Å². The number of methoxy groups -OCH3 is 1. The Morgan fingerprint density at radius 2 is 1.88 bits per heavy atom. The van der Waals surface area contributed by atoms with E-state index >= 15 is 0 Å². The van der Waals surface area contributed by atoms with Gasteiger partial charge in [0.1, 0.15) is 12.3 Å². The molecule has 1 N–H and O–H groups in total. The van der Waals surface area contributed by atoms with E-state index in [-0.39, 0.29) is 30.5 Å². The van der Waals surface area contributed by atoms with E-state index in [1.54, 1.807) is 43.5 Å². The molecule has 2 rings (SSSR count). The monoisotopic (exact) mass is 329 g/mol. The predicted octanol–water partition coefficient (Wildman–Crippen LogP) is 0.954. The first kappa shape index (κ1) is 17.3. The maximum Gasteiger partial charge on any atom is 0.250 e. The number of anilines is 1. The number of hydrogen-bond donors (Lipinski definition) is 1. The Balaban J connectivity index is 1.89. The zero-order chi connectivity index (χ0) is 17.5. The molecule has 1 aromatic heterocycles. The second-order valence-corrected chi connectivity index (χ2v) is 5.19. The Morgan fingerprint density at radius 3 is 2.50 bits per heavy atom. The maximum absolute atomic E-state index is 12.1. The van der Waals surface area contributed by atoms with E-state index in [0.717, 1.165) is 0 Å². The lowest BCUT2D eigenvalue weighted by molar-refractivity contribution is -0.133. The smallest absolute Gasteiger partial charge is 0.250 e. The number of nitrogens with one attached hydrogen (secondary N) is 1. The molecule has 126 valence electrons. The van der Waals surface area contributed by atoms with Crippen molar-refractivity contribution in [2.24, 2.45) is 0 Å². The van der Waals surface area contributed by atoms with Crippen LogP contribution >= 0.6 is 0 Å². The molecule has 0 atom stereocenters. The number of amides is 2. The Labute approximate surface area is 139 Å². The molecule has 0 saturated carbocycles. The predicted molar refractivity (Wildman–Crippen MR) is 90.0 cm³/mol. The number of benzene rings is 1. The number of carbonyl (C=O) groups excluding carboxylic acids is 2. The number of nitrogens with zero attached hydrogens (tertiary/aromatic N) is 2. The number of likely N-dealkylation sites (N-methyl/N-ethyl adjacent to an activating group) is 1. The summed E-state index contributed by atoms with van der Waals surface area (Å²) in [5, 5.41) is 2.70. The molecule has 1 heterocycles. The molecule has 0 saturated heterocycles. The van der Waals surface area contributed by atoms with Crippen LogP contribution in [0, 0.1) is 0 Å². The summed E-state index contributed by atoms with van der Waals surface area (Å²) in [6, 6.07) is 11.5. The third-order valence-corrected chi connectivity index (χ3v) is 3.38. The number of pyridine rings is 1. The second-order valence-electron chi connectivity index (χ2n) is 5.19. The number of ether oxygens (including phenoxy) is 1. The van der Waals surface area contributed by atoms with Gasteiger partial charge in [0.2, 0.25) is 11.8 Å². The highest BCUT2D eigenvalue weighted by Crippen LogP contribution is 2.14. The molecule has 0 fully saturated rings. The van der Waals surface area contributed by atoms with Gasteiger partial charge in [0, 0.05) is 25.0 Å². The van der Waals surface area contributed by atoms with Crippen LogP contribution in [-0.2, 0) is 16.1 Å². The number of aromatic nitrogens is 1. The summed E-state index contributed by atoms with van der Waals surface area (Å²) < 4.78 is 6.33. The largest absolute Gasteiger partial charge is 0.497 e. The molecule has 0 aliphatic carbocycles. The van der Waals surface area contributed by atoms with Crippen molar-refractivity contribution < 1.29 is 14.3 Å². The summed E-state index contributed by atoms with van der Waals surface area (Å²) in [5.74, 6) is 0.0400. The third kappa shape index (κ3) is 4.70. The van der Waals surface area contributed by atoms with Gasteiger partial charge in [-0.2, -0.15) is 0 Å². The number of rotatable bonds is 6. The van der Waals surface area contributed by atoms with Gasteiger partial charge >= 0.3 is 0 Å². The van der Waals surface area contributed by atoms with Crippen LogP contribution in [0.2, 0.25) is 0 Å². The number of carbonyl (C=O) groups is 2. The van der Waals surface area contributed by atoms with Crippen molar-refractivity contribution in [1.82, 2.24) is 9.47 Å². The normalized spacial score (nSPS) is 10.1. The molecule has 7 nitrogen and oxygen atoms in total. The van der Waals surface area contributed by atoms with E-state index in [0.29, 0.717) is 11.4 Å². The van der Waals surface area contributed by atoms with E-state index in [9.17, 15) is 14.4 Å². The molecule has 1 aromatic carbocycles. The molecular formula is C17H19N3O4. The average molecular weight is 329 g/mol. The van der Waals surface area contributed by atoms with Crippen molar-refractivity contribution >= 4 is 17.5 Å². The lowest BCUT2D eigenvalue weighted by Crippen LogP contribution is -2.38. The summed E-state index contributed by atoms with van der Waals surface area (Å²) in [6.45, 7) is -0.210. The number of hydrogen-bond acceptors (Lipinski definition) is 4. The van der Waals surface area contributed by atoms with Crippen molar-refractivity contribution in [3.8, 4) is 5.75 Å². The average Bonchev–Trinajstić information content (AvgIpc) is 2.57. The van der Waals surface area contributed by atoms with Crippen molar-refractivity contribution in [1.29, 1.82) is 0 Å². The molecule has 0 aliphatic rings. The standard InChI is InChI=1S/C17H19N3O4/c1-19(17(23)12-20-10-4-3-5-16(20)22)11-15(21)18-13-6-8-14(24-2)9-7-13/h3-10H,11-12H2,1-2H3,(H,18,21). The van der Waals surface area contributed by atoms with Gasteiger partial charge in [-0.15, -0.1) is 0 Å². The van der Waals surface area contributed by atoms with E-state index in [1.807, 2.05) is 0 Å². The molecule has 0 radical (unpaired) electrons. The minimum Gasteiger partial charge on any atom is -0.497 e. The molecule has 2 amide bonds. The Morgan fingerprint density at radius 1 is 1.17 bits per heavy atom. The van der Waals surface area contributed by atoms with Crippen LogP contribution in [0.4, 0.5) is 5.69 Å². The zero-order valence-electron chi connectivity index (χ0n) is 13.6. The Hall–Kier alpha value is -3.09. The molecule has 24 heavy (non-hydrogen) atoms. The first-order valence-corrected chi connectivity index (χ1v) is 7.33. The topological polar surface area (TPSA) is 80.6 Å². The molecule has 2 aromatic rings. The SMILES string of the molecule is COc1ccc(NC(=O)CN(C)C(=O)Cn2ccccc2=O)cc1. The Bertz CT molecular complexity index is 768. The van der Waals surface area contributed by atoms with Gasteiger partial charge in [0.05, 0.1) is 13.7 Å². The third-order valence-electron chi connectivity index (χ3n) is 3.38. The van der Waals surface area contributed by atoms with Gasteiger partial charge in [-0.3, -0.25) is 14.4 Å². The van der Waals surface area contributed by atoms with E-state index in [4.69, 9.17) is 4.74 Å². The van der Waals surface area contributed by atoms with Crippen molar-refractivity contribution in [2.75, 3.05) is 26.0 Å². The minimum absolute atomic E-state index is 0.105. The van der Waals surface area contributed by atoms with Gasteiger partial charge in [-0.05, 0) is 30.3 Å². The van der Waals surface area contributed by atoms with Crippen molar-refractivity contribution in [3.05, 3.63) is 59.0 Å². The fourth-order valence-electron chi connectivity index (χ4n) is 2.04. The first-order valence-electron chi connectivity index (χ1n) is 7.33. The van der Waals surface area contributed by atoms with Crippen molar-refractivity contribution in [2.45, 2.75) is 6.54 Å². The summed E-state index contributed by atoms with van der Waals surface area (Å²) in [4.78, 5) is 37.0. The van der Waals surface area contributed by atoms with Gasteiger partial charge < -0.3 is 19.5 Å². The van der Waals surface area contributed by atoms with E-state index in [1.165, 1.54) is 28.8 Å². The lowest BCUT2D eigenvalue weighted by Gasteiger charge is -2.17. The molecule has 7 heteroatoms. The summed E-state index contributed by atoms with van der Waals surface area (Å²) >= 11 is 0. The summed E-state index contributed by atoms with van der Waals surface area (Å²) in [7, 11) is 3.08. The van der Waals surface area contributed by atoms with Crippen LogP contribution < -0.4 is 15.6 Å². The fourth-order valence-corrected chi connectivity index (χ4v) is 2.04. The first-order chi connectivity index (χ1) is 11.5. The summed E-state index contributed by atoms with van der Waals surface area (Å²) in [6.07, 6.45) is 1.53. The molecule has 0 aliphatic heterocycles. The van der Waals surface area contributed by atoms with Gasteiger partial charge in [-0.25, -0.2) is 0 Å². The van der Waals surface area contributed by atoms with Crippen LogP contribution in [0.15, 0.2) is 53.5 Å². The quantitative estimate of drug-likeness (QED) is 0.856. The van der Waals surface area contributed by atoms with Crippen LogP contribution in [0.1, 0.15) is 0 Å². The second kappa shape index (κ2) is 7.96. The molecule has 0 bridgehead atoms. The highest BCUT2D eigenvalue weighted by atomic mass is 16.5. The van der Waals surface area contributed by atoms with E-state index in [2.05, 4.69) is 5.32 Å². The molecular weight excluding hydrogens is 310 g/mol. The highest BCUT2D eigenvalue weighted by Gasteiger charge is 2.14. The van der Waals surface area contributed by atoms with Gasteiger partial charge in [0.15, 0.2) is 0 Å². The fraction of sp³-hybridized carbons (Fsp3) is 0.235.